The van der Waals surface area contributed by atoms with Gasteiger partial charge in [-0.1, -0.05) is 31.2 Å². The van der Waals surface area contributed by atoms with Crippen molar-refractivity contribution >= 4 is 0 Å². The van der Waals surface area contributed by atoms with Gasteiger partial charge in [-0.3, -0.25) is 4.90 Å². The average Bonchev–Trinajstić information content (AvgIpc) is 2.95. The van der Waals surface area contributed by atoms with Gasteiger partial charge in [-0.25, -0.2) is 0 Å². The molecule has 2 heterocycles. The van der Waals surface area contributed by atoms with Crippen molar-refractivity contribution in [2.75, 3.05) is 19.6 Å². The lowest BCUT2D eigenvalue weighted by atomic mass is 9.85. The van der Waals surface area contributed by atoms with Crippen LogP contribution in [0.15, 0.2) is 24.3 Å². The molecule has 1 N–H and O–H groups in total. The van der Waals surface area contributed by atoms with Crippen LogP contribution in [0.5, 0.6) is 0 Å². The van der Waals surface area contributed by atoms with Crippen LogP contribution in [0, 0.1) is 11.8 Å². The molecule has 0 spiro atoms. The van der Waals surface area contributed by atoms with E-state index >= 15 is 0 Å². The van der Waals surface area contributed by atoms with Gasteiger partial charge in [0, 0.05) is 25.2 Å². The number of aryl methyl sites for hydroxylation is 1. The van der Waals surface area contributed by atoms with Crippen molar-refractivity contribution < 1.29 is 0 Å². The monoisotopic (exact) mass is 258 g/mol. The molecule has 2 atom stereocenters. The molecule has 1 aromatic rings. The first-order valence-corrected chi connectivity index (χ1v) is 7.65. The van der Waals surface area contributed by atoms with Crippen molar-refractivity contribution in [1.29, 1.82) is 0 Å². The normalized spacial score (nSPS) is 29.6. The van der Waals surface area contributed by atoms with Crippen LogP contribution in [0.2, 0.25) is 0 Å². The van der Waals surface area contributed by atoms with Gasteiger partial charge in [0.25, 0.3) is 0 Å². The van der Waals surface area contributed by atoms with Crippen molar-refractivity contribution in [1.82, 2.24) is 10.2 Å². The van der Waals surface area contributed by atoms with Crippen LogP contribution in [-0.2, 0) is 13.0 Å². The molecule has 2 aliphatic rings. The van der Waals surface area contributed by atoms with Crippen molar-refractivity contribution in [2.24, 2.45) is 11.8 Å². The second kappa shape index (κ2) is 4.92. The molecule has 0 bridgehead atoms. The third-order valence-corrected chi connectivity index (χ3v) is 5.32. The van der Waals surface area contributed by atoms with E-state index in [4.69, 9.17) is 0 Å². The number of nitrogens with one attached hydrogen (secondary N) is 1. The number of likely N-dealkylation sites (tertiary alicyclic amines) is 1. The maximum Gasteiger partial charge on any atom is 0.0239 e. The number of hydrogen-bond acceptors (Lipinski definition) is 2. The zero-order valence-electron chi connectivity index (χ0n) is 12.4. The molecule has 0 saturated carbocycles. The minimum atomic E-state index is 0.331. The average molecular weight is 258 g/mol. The first kappa shape index (κ1) is 13.1. The summed E-state index contributed by atoms with van der Waals surface area (Å²) in [5.41, 5.74) is 3.22. The Kier molecular flexibility index (Phi) is 3.40. The highest BCUT2D eigenvalue weighted by molar-refractivity contribution is 5.23. The molecule has 104 valence electrons. The highest BCUT2D eigenvalue weighted by Gasteiger charge is 2.49. The second-order valence-electron chi connectivity index (χ2n) is 6.73. The molecular weight excluding hydrogens is 232 g/mol. The predicted octanol–water partition coefficient (Wildman–Crippen LogP) is 2.68. The number of hydrogen-bond donors (Lipinski definition) is 1. The Hall–Kier alpha value is -0.860. The zero-order chi connectivity index (χ0) is 13.5. The fourth-order valence-corrected chi connectivity index (χ4v) is 3.87. The van der Waals surface area contributed by atoms with Gasteiger partial charge in [0.05, 0.1) is 0 Å². The maximum atomic E-state index is 3.55. The number of benzene rings is 1. The number of nitrogens with zero attached hydrogens (tertiary/aromatic N) is 1. The van der Waals surface area contributed by atoms with Crippen LogP contribution in [0.1, 0.15) is 31.9 Å². The van der Waals surface area contributed by atoms with E-state index in [1.165, 1.54) is 30.8 Å². The Morgan fingerprint density at radius 2 is 1.84 bits per heavy atom. The van der Waals surface area contributed by atoms with Gasteiger partial charge in [-0.2, -0.15) is 0 Å². The summed E-state index contributed by atoms with van der Waals surface area (Å²) in [6.45, 7) is 11.8. The standard InChI is InChI=1S/C17H26N2/c1-4-13-5-7-14(8-6-13)11-19-12-15-9-18-10-16(15)17(19,2)3/h5-8,15-16,18H,4,9-12H2,1-3H3. The fraction of sp³-hybridized carbons (Fsp3) is 0.647. The van der Waals surface area contributed by atoms with Crippen LogP contribution in [0.3, 0.4) is 0 Å². The van der Waals surface area contributed by atoms with E-state index in [0.29, 0.717) is 5.54 Å². The number of fused-ring (bicyclic) bond motifs is 1. The molecule has 19 heavy (non-hydrogen) atoms. The summed E-state index contributed by atoms with van der Waals surface area (Å²) >= 11 is 0. The van der Waals surface area contributed by atoms with Crippen LogP contribution < -0.4 is 5.32 Å². The summed E-state index contributed by atoms with van der Waals surface area (Å²) in [6, 6.07) is 9.17. The van der Waals surface area contributed by atoms with Gasteiger partial charge in [-0.15, -0.1) is 0 Å². The van der Waals surface area contributed by atoms with Gasteiger partial charge >= 0.3 is 0 Å². The van der Waals surface area contributed by atoms with Crippen molar-refractivity contribution in [3.05, 3.63) is 35.4 Å². The van der Waals surface area contributed by atoms with Gasteiger partial charge in [-0.05, 0) is 49.8 Å². The maximum absolute atomic E-state index is 3.55. The highest BCUT2D eigenvalue weighted by Crippen LogP contribution is 2.41. The minimum absolute atomic E-state index is 0.331. The van der Waals surface area contributed by atoms with Gasteiger partial charge < -0.3 is 5.32 Å². The molecule has 2 aliphatic heterocycles. The van der Waals surface area contributed by atoms with Crippen molar-refractivity contribution in [3.8, 4) is 0 Å². The lowest BCUT2D eigenvalue weighted by Crippen LogP contribution is -2.43. The third-order valence-electron chi connectivity index (χ3n) is 5.32. The molecule has 2 nitrogen and oxygen atoms in total. The molecule has 2 saturated heterocycles. The fourth-order valence-electron chi connectivity index (χ4n) is 3.87. The molecule has 0 amide bonds. The van der Waals surface area contributed by atoms with E-state index in [9.17, 15) is 0 Å². The summed E-state index contributed by atoms with van der Waals surface area (Å²) in [6.07, 6.45) is 1.13. The Morgan fingerprint density at radius 3 is 2.47 bits per heavy atom. The summed E-state index contributed by atoms with van der Waals surface area (Å²) in [5.74, 6) is 1.67. The van der Waals surface area contributed by atoms with E-state index in [1.54, 1.807) is 0 Å². The second-order valence-corrected chi connectivity index (χ2v) is 6.73. The van der Waals surface area contributed by atoms with E-state index in [0.717, 1.165) is 24.8 Å². The quantitative estimate of drug-likeness (QED) is 0.897. The number of rotatable bonds is 3. The molecule has 3 rings (SSSR count). The summed E-state index contributed by atoms with van der Waals surface area (Å²) in [4.78, 5) is 2.68. The lowest BCUT2D eigenvalue weighted by molar-refractivity contribution is 0.132. The molecule has 0 radical (unpaired) electrons. The SMILES string of the molecule is CCc1ccc(CN2CC3CNCC3C2(C)C)cc1. The van der Waals surface area contributed by atoms with Crippen molar-refractivity contribution in [2.45, 2.75) is 39.3 Å². The first-order valence-electron chi connectivity index (χ1n) is 7.65. The largest absolute Gasteiger partial charge is 0.316 e. The topological polar surface area (TPSA) is 15.3 Å². The van der Waals surface area contributed by atoms with Crippen molar-refractivity contribution in [3.63, 3.8) is 0 Å². The summed E-state index contributed by atoms with van der Waals surface area (Å²) in [5, 5.41) is 3.55. The van der Waals surface area contributed by atoms with E-state index in [1.807, 2.05) is 0 Å². The van der Waals surface area contributed by atoms with Gasteiger partial charge in [0.15, 0.2) is 0 Å². The molecule has 2 unspecified atom stereocenters. The van der Waals surface area contributed by atoms with Gasteiger partial charge in [0.2, 0.25) is 0 Å². The molecule has 0 aromatic heterocycles. The summed E-state index contributed by atoms with van der Waals surface area (Å²) < 4.78 is 0. The molecule has 0 aliphatic carbocycles. The Bertz CT molecular complexity index is 435. The summed E-state index contributed by atoms with van der Waals surface area (Å²) in [7, 11) is 0. The molecular formula is C17H26N2. The Balaban J connectivity index is 1.72. The van der Waals surface area contributed by atoms with Crippen LogP contribution in [0.25, 0.3) is 0 Å². The van der Waals surface area contributed by atoms with Crippen LogP contribution in [-0.4, -0.2) is 30.1 Å². The lowest BCUT2D eigenvalue weighted by Gasteiger charge is -2.35. The molecule has 2 heteroatoms. The highest BCUT2D eigenvalue weighted by atomic mass is 15.2. The Labute approximate surface area is 117 Å². The third kappa shape index (κ3) is 2.32. The van der Waals surface area contributed by atoms with E-state index < -0.39 is 0 Å². The minimum Gasteiger partial charge on any atom is -0.316 e. The Morgan fingerprint density at radius 1 is 1.16 bits per heavy atom. The first-order chi connectivity index (χ1) is 9.11. The zero-order valence-corrected chi connectivity index (χ0v) is 12.4. The van der Waals surface area contributed by atoms with E-state index in [2.05, 4.69) is 55.3 Å². The smallest absolute Gasteiger partial charge is 0.0239 e. The predicted molar refractivity (Wildman–Crippen MR) is 80.2 cm³/mol. The van der Waals surface area contributed by atoms with E-state index in [-0.39, 0.29) is 0 Å². The van der Waals surface area contributed by atoms with Crippen LogP contribution in [0.4, 0.5) is 0 Å². The molecule has 2 fully saturated rings. The molecule has 1 aromatic carbocycles. The van der Waals surface area contributed by atoms with Crippen LogP contribution >= 0.6 is 0 Å². The van der Waals surface area contributed by atoms with Gasteiger partial charge in [0.1, 0.15) is 0 Å².